The normalized spacial score (nSPS) is 12.9. The molecule has 0 saturated heterocycles. The number of pyridine rings is 1. The molecule has 1 aromatic heterocycles. The highest BCUT2D eigenvalue weighted by Crippen LogP contribution is 2.15. The minimum Gasteiger partial charge on any atom is -0.394 e. The van der Waals surface area contributed by atoms with Gasteiger partial charge in [-0.25, -0.2) is 0 Å². The Morgan fingerprint density at radius 3 is 2.92 bits per heavy atom. The van der Waals surface area contributed by atoms with E-state index in [-0.39, 0.29) is 6.61 Å². The molecule has 0 aliphatic rings. The van der Waals surface area contributed by atoms with E-state index in [9.17, 15) is 0 Å². The highest BCUT2D eigenvalue weighted by atomic mass is 79.9. The topological polar surface area (TPSA) is 53.4 Å². The summed E-state index contributed by atoms with van der Waals surface area (Å²) in [4.78, 5) is 3.91. The molecule has 66 valence electrons. The van der Waals surface area contributed by atoms with Crippen molar-refractivity contribution in [3.63, 3.8) is 0 Å². The number of aliphatic hydroxyl groups is 2. The quantitative estimate of drug-likeness (QED) is 0.808. The summed E-state index contributed by atoms with van der Waals surface area (Å²) in [5.74, 6) is 0. The van der Waals surface area contributed by atoms with Crippen LogP contribution in [0.2, 0.25) is 0 Å². The van der Waals surface area contributed by atoms with E-state index >= 15 is 0 Å². The second-order valence-electron chi connectivity index (χ2n) is 2.51. The van der Waals surface area contributed by atoms with Crippen LogP contribution in [0.1, 0.15) is 5.56 Å². The zero-order valence-corrected chi connectivity index (χ0v) is 8.03. The van der Waals surface area contributed by atoms with E-state index < -0.39 is 6.10 Å². The van der Waals surface area contributed by atoms with Crippen molar-refractivity contribution in [1.29, 1.82) is 0 Å². The van der Waals surface area contributed by atoms with Gasteiger partial charge in [-0.2, -0.15) is 0 Å². The molecule has 0 unspecified atom stereocenters. The molecule has 0 aromatic carbocycles. The minimum absolute atomic E-state index is 0.221. The van der Waals surface area contributed by atoms with Gasteiger partial charge in [0, 0.05) is 23.3 Å². The molecular weight excluding hydrogens is 222 g/mol. The van der Waals surface area contributed by atoms with Crippen LogP contribution in [0.5, 0.6) is 0 Å². The monoisotopic (exact) mass is 231 g/mol. The zero-order chi connectivity index (χ0) is 8.97. The van der Waals surface area contributed by atoms with E-state index in [0.717, 1.165) is 10.0 Å². The van der Waals surface area contributed by atoms with Crippen molar-refractivity contribution < 1.29 is 10.2 Å². The molecule has 0 saturated carbocycles. The number of rotatable bonds is 3. The van der Waals surface area contributed by atoms with Crippen LogP contribution in [-0.4, -0.2) is 27.9 Å². The Balaban J connectivity index is 2.69. The average Bonchev–Trinajstić information content (AvgIpc) is 2.09. The molecular formula is C8H10BrNO2. The second kappa shape index (κ2) is 4.54. The van der Waals surface area contributed by atoms with E-state index in [1.54, 1.807) is 18.5 Å². The molecule has 0 amide bonds. The third-order valence-corrected chi connectivity index (χ3v) is 2.28. The van der Waals surface area contributed by atoms with Crippen LogP contribution in [0, 0.1) is 0 Å². The lowest BCUT2D eigenvalue weighted by molar-refractivity contribution is 0.0953. The molecule has 0 radical (unpaired) electrons. The largest absolute Gasteiger partial charge is 0.394 e. The van der Waals surface area contributed by atoms with Crippen molar-refractivity contribution >= 4 is 15.9 Å². The molecule has 0 aliphatic heterocycles. The molecule has 1 atom stereocenters. The number of aliphatic hydroxyl groups excluding tert-OH is 2. The van der Waals surface area contributed by atoms with Gasteiger partial charge in [-0.15, -0.1) is 0 Å². The zero-order valence-electron chi connectivity index (χ0n) is 6.44. The van der Waals surface area contributed by atoms with E-state index in [2.05, 4.69) is 20.9 Å². The van der Waals surface area contributed by atoms with Gasteiger partial charge in [-0.05, 0) is 11.6 Å². The Hall–Kier alpha value is -0.450. The maximum absolute atomic E-state index is 9.14. The highest BCUT2D eigenvalue weighted by molar-refractivity contribution is 9.10. The van der Waals surface area contributed by atoms with Gasteiger partial charge in [0.15, 0.2) is 0 Å². The summed E-state index contributed by atoms with van der Waals surface area (Å²) in [6.07, 6.45) is 3.05. The summed E-state index contributed by atoms with van der Waals surface area (Å²) < 4.78 is 0.907. The lowest BCUT2D eigenvalue weighted by Crippen LogP contribution is -2.15. The van der Waals surface area contributed by atoms with Crippen LogP contribution >= 0.6 is 15.9 Å². The van der Waals surface area contributed by atoms with Gasteiger partial charge in [0.25, 0.3) is 0 Å². The lowest BCUT2D eigenvalue weighted by Gasteiger charge is -2.07. The van der Waals surface area contributed by atoms with Crippen LogP contribution in [0.15, 0.2) is 22.9 Å². The third-order valence-electron chi connectivity index (χ3n) is 1.51. The molecule has 1 rings (SSSR count). The Bertz CT molecular complexity index is 255. The highest BCUT2D eigenvalue weighted by Gasteiger charge is 2.06. The molecule has 12 heavy (non-hydrogen) atoms. The lowest BCUT2D eigenvalue weighted by atomic mass is 10.1. The molecule has 3 nitrogen and oxygen atoms in total. The van der Waals surface area contributed by atoms with Crippen LogP contribution in [0.4, 0.5) is 0 Å². The van der Waals surface area contributed by atoms with E-state index in [0.29, 0.717) is 6.42 Å². The summed E-state index contributed by atoms with van der Waals surface area (Å²) in [7, 11) is 0. The molecule has 0 spiro atoms. The maximum atomic E-state index is 9.14. The van der Waals surface area contributed by atoms with Crippen LogP contribution in [0.25, 0.3) is 0 Å². The van der Waals surface area contributed by atoms with Crippen molar-refractivity contribution in [3.05, 3.63) is 28.5 Å². The van der Waals surface area contributed by atoms with Gasteiger partial charge in [0.05, 0.1) is 12.7 Å². The third kappa shape index (κ3) is 2.55. The Morgan fingerprint density at radius 2 is 2.33 bits per heavy atom. The van der Waals surface area contributed by atoms with Gasteiger partial charge in [-0.1, -0.05) is 15.9 Å². The first-order chi connectivity index (χ1) is 5.74. The number of hydrogen-bond donors (Lipinski definition) is 2. The van der Waals surface area contributed by atoms with Crippen molar-refractivity contribution in [2.75, 3.05) is 6.61 Å². The molecule has 1 heterocycles. The van der Waals surface area contributed by atoms with Crippen molar-refractivity contribution in [3.8, 4) is 0 Å². The summed E-state index contributed by atoms with van der Waals surface area (Å²) >= 11 is 3.32. The average molecular weight is 232 g/mol. The summed E-state index contributed by atoms with van der Waals surface area (Å²) in [5, 5.41) is 17.7. The first-order valence-electron chi connectivity index (χ1n) is 3.61. The summed E-state index contributed by atoms with van der Waals surface area (Å²) in [5.41, 5.74) is 0.902. The molecule has 0 bridgehead atoms. The van der Waals surface area contributed by atoms with Crippen molar-refractivity contribution in [1.82, 2.24) is 4.98 Å². The van der Waals surface area contributed by atoms with Gasteiger partial charge >= 0.3 is 0 Å². The molecule has 0 aliphatic carbocycles. The second-order valence-corrected chi connectivity index (χ2v) is 3.36. The molecule has 0 fully saturated rings. The first-order valence-corrected chi connectivity index (χ1v) is 4.40. The van der Waals surface area contributed by atoms with E-state index in [1.165, 1.54) is 0 Å². The molecule has 4 heteroatoms. The number of hydrogen-bond acceptors (Lipinski definition) is 3. The predicted molar refractivity (Wildman–Crippen MR) is 48.7 cm³/mol. The standard InChI is InChI=1S/C8H10BrNO2/c9-8-1-2-10-4-6(8)3-7(12)5-11/h1-2,4,7,11-12H,3,5H2/t7-/m0/s1. The summed E-state index contributed by atoms with van der Waals surface area (Å²) in [6.45, 7) is -0.221. The smallest absolute Gasteiger partial charge is 0.0812 e. The number of aromatic nitrogens is 1. The number of nitrogens with zero attached hydrogens (tertiary/aromatic N) is 1. The fourth-order valence-electron chi connectivity index (χ4n) is 0.879. The van der Waals surface area contributed by atoms with Gasteiger partial charge in [0.2, 0.25) is 0 Å². The molecule has 2 N–H and O–H groups in total. The predicted octanol–water partition coefficient (Wildman–Crippen LogP) is 0.740. The number of halogens is 1. The van der Waals surface area contributed by atoms with Gasteiger partial charge in [-0.3, -0.25) is 4.98 Å². The fourth-order valence-corrected chi connectivity index (χ4v) is 1.26. The fraction of sp³-hybridized carbons (Fsp3) is 0.375. The Kier molecular flexibility index (Phi) is 3.65. The SMILES string of the molecule is OC[C@@H](O)Cc1cnccc1Br. The van der Waals surface area contributed by atoms with E-state index in [1.807, 2.05) is 0 Å². The maximum Gasteiger partial charge on any atom is 0.0812 e. The van der Waals surface area contributed by atoms with Crippen molar-refractivity contribution in [2.24, 2.45) is 0 Å². The first kappa shape index (κ1) is 9.64. The Labute approximate surface area is 79.2 Å². The Morgan fingerprint density at radius 1 is 1.58 bits per heavy atom. The summed E-state index contributed by atoms with van der Waals surface area (Å²) in [6, 6.07) is 1.80. The van der Waals surface area contributed by atoms with Crippen LogP contribution in [-0.2, 0) is 6.42 Å². The van der Waals surface area contributed by atoms with Gasteiger partial charge in [0.1, 0.15) is 0 Å². The van der Waals surface area contributed by atoms with Crippen LogP contribution < -0.4 is 0 Å². The van der Waals surface area contributed by atoms with Crippen molar-refractivity contribution in [2.45, 2.75) is 12.5 Å². The molecule has 1 aromatic rings. The van der Waals surface area contributed by atoms with E-state index in [4.69, 9.17) is 10.2 Å². The van der Waals surface area contributed by atoms with Gasteiger partial charge < -0.3 is 10.2 Å². The minimum atomic E-state index is -0.703. The van der Waals surface area contributed by atoms with Crippen LogP contribution in [0.3, 0.4) is 0 Å².